The van der Waals surface area contributed by atoms with Gasteiger partial charge in [0, 0.05) is 17.2 Å². The highest BCUT2D eigenvalue weighted by atomic mass is 35.5. The average Bonchev–Trinajstić information content (AvgIpc) is 2.79. The van der Waals surface area contributed by atoms with Crippen LogP contribution in [-0.4, -0.2) is 24.2 Å². The Morgan fingerprint density at radius 3 is 2.39 bits per heavy atom. The van der Waals surface area contributed by atoms with Gasteiger partial charge in [0.1, 0.15) is 6.61 Å². The average molecular weight is 488 g/mol. The summed E-state index contributed by atoms with van der Waals surface area (Å²) in [7, 11) is 1.49. The Hall–Kier alpha value is -3.62. The van der Waals surface area contributed by atoms with Crippen molar-refractivity contribution in [3.63, 3.8) is 0 Å². The quantitative estimate of drug-likeness (QED) is 0.254. The van der Waals surface area contributed by atoms with Gasteiger partial charge in [-0.15, -0.1) is 0 Å². The van der Waals surface area contributed by atoms with Crippen molar-refractivity contribution < 1.29 is 19.2 Å². The van der Waals surface area contributed by atoms with E-state index in [-0.39, 0.29) is 24.6 Å². The summed E-state index contributed by atoms with van der Waals surface area (Å²) in [5.74, 6) is 0.421. The van der Waals surface area contributed by atoms with Crippen LogP contribution in [0.2, 0.25) is 10.0 Å². The fourth-order valence-electron chi connectivity index (χ4n) is 2.83. The number of hydrogen-bond donors (Lipinski definition) is 1. The Balaban J connectivity index is 1.60. The second-order valence-electron chi connectivity index (χ2n) is 6.84. The van der Waals surface area contributed by atoms with E-state index in [9.17, 15) is 14.9 Å². The molecule has 3 aromatic rings. The van der Waals surface area contributed by atoms with E-state index < -0.39 is 4.92 Å². The molecule has 0 aliphatic rings. The Bertz CT molecular complexity index is 1170. The van der Waals surface area contributed by atoms with Crippen molar-refractivity contribution in [2.75, 3.05) is 7.11 Å². The summed E-state index contributed by atoms with van der Waals surface area (Å²) in [6, 6.07) is 16.3. The number of nitro benzene ring substituents is 1. The van der Waals surface area contributed by atoms with Gasteiger partial charge in [0.2, 0.25) is 5.91 Å². The van der Waals surface area contributed by atoms with Crippen LogP contribution in [0, 0.1) is 10.1 Å². The molecule has 33 heavy (non-hydrogen) atoms. The molecule has 0 atom stereocenters. The van der Waals surface area contributed by atoms with Crippen molar-refractivity contribution in [2.24, 2.45) is 5.10 Å². The molecule has 0 fully saturated rings. The molecule has 3 aromatic carbocycles. The minimum atomic E-state index is -0.498. The zero-order valence-electron chi connectivity index (χ0n) is 17.5. The molecule has 170 valence electrons. The lowest BCUT2D eigenvalue weighted by atomic mass is 10.1. The molecule has 0 aliphatic heterocycles. The number of nitro groups is 1. The molecule has 1 N–H and O–H groups in total. The van der Waals surface area contributed by atoms with Crippen molar-refractivity contribution in [2.45, 2.75) is 13.0 Å². The van der Waals surface area contributed by atoms with Gasteiger partial charge >= 0.3 is 0 Å². The van der Waals surface area contributed by atoms with Gasteiger partial charge in [-0.25, -0.2) is 5.43 Å². The summed E-state index contributed by atoms with van der Waals surface area (Å²) in [6.45, 7) is 0.277. The van der Waals surface area contributed by atoms with Crippen LogP contribution in [-0.2, 0) is 17.8 Å². The van der Waals surface area contributed by atoms with E-state index in [0.29, 0.717) is 32.7 Å². The molecule has 1 amide bonds. The topological polar surface area (TPSA) is 103 Å². The molecule has 0 unspecified atom stereocenters. The molecule has 0 heterocycles. The number of methoxy groups -OCH3 is 1. The van der Waals surface area contributed by atoms with Crippen LogP contribution in [0.1, 0.15) is 16.7 Å². The number of benzene rings is 3. The first-order valence-corrected chi connectivity index (χ1v) is 10.4. The SMILES string of the molecule is COc1cc(/C=N/NC(=O)Cc2ccc([N+](=O)[O-])cc2)cc(Cl)c1OCc1ccc(Cl)cc1. The summed E-state index contributed by atoms with van der Waals surface area (Å²) in [6.07, 6.45) is 1.45. The first-order valence-electron chi connectivity index (χ1n) is 9.65. The highest BCUT2D eigenvalue weighted by Crippen LogP contribution is 2.36. The van der Waals surface area contributed by atoms with Gasteiger partial charge in [-0.1, -0.05) is 47.5 Å². The van der Waals surface area contributed by atoms with E-state index in [1.54, 1.807) is 24.3 Å². The normalized spacial score (nSPS) is 10.8. The minimum Gasteiger partial charge on any atom is -0.493 e. The fraction of sp³-hybridized carbons (Fsp3) is 0.130. The van der Waals surface area contributed by atoms with Gasteiger partial charge in [0.05, 0.1) is 29.7 Å². The Labute approximate surface area is 199 Å². The molecule has 0 radical (unpaired) electrons. The lowest BCUT2D eigenvalue weighted by molar-refractivity contribution is -0.384. The van der Waals surface area contributed by atoms with Gasteiger partial charge in [-0.05, 0) is 41.0 Å². The summed E-state index contributed by atoms with van der Waals surface area (Å²) in [4.78, 5) is 22.3. The van der Waals surface area contributed by atoms with Crippen LogP contribution < -0.4 is 14.9 Å². The summed E-state index contributed by atoms with van der Waals surface area (Å²) in [5.41, 5.74) is 4.50. The molecule has 0 aliphatic carbocycles. The molecular formula is C23H19Cl2N3O5. The van der Waals surface area contributed by atoms with Gasteiger partial charge < -0.3 is 9.47 Å². The first kappa shape index (κ1) is 24.0. The van der Waals surface area contributed by atoms with Crippen molar-refractivity contribution in [3.05, 3.63) is 97.5 Å². The summed E-state index contributed by atoms with van der Waals surface area (Å²) in [5, 5.41) is 15.6. The zero-order valence-corrected chi connectivity index (χ0v) is 19.0. The van der Waals surface area contributed by atoms with Gasteiger partial charge in [-0.2, -0.15) is 5.10 Å². The number of nitrogens with one attached hydrogen (secondary N) is 1. The van der Waals surface area contributed by atoms with E-state index >= 15 is 0 Å². The Morgan fingerprint density at radius 1 is 1.09 bits per heavy atom. The van der Waals surface area contributed by atoms with Crippen LogP contribution in [0.15, 0.2) is 65.8 Å². The smallest absolute Gasteiger partial charge is 0.269 e. The van der Waals surface area contributed by atoms with E-state index in [1.165, 1.54) is 37.6 Å². The maximum Gasteiger partial charge on any atom is 0.269 e. The number of carbonyl (C=O) groups excluding carboxylic acids is 1. The highest BCUT2D eigenvalue weighted by Gasteiger charge is 2.12. The van der Waals surface area contributed by atoms with Crippen LogP contribution in [0.25, 0.3) is 0 Å². The molecular weight excluding hydrogens is 469 g/mol. The lowest BCUT2D eigenvalue weighted by Gasteiger charge is -2.13. The van der Waals surface area contributed by atoms with Crippen LogP contribution >= 0.6 is 23.2 Å². The van der Waals surface area contributed by atoms with Crippen LogP contribution in [0.4, 0.5) is 5.69 Å². The molecule has 0 bridgehead atoms. The number of rotatable bonds is 9. The molecule has 0 saturated heterocycles. The predicted molar refractivity (Wildman–Crippen MR) is 126 cm³/mol. The number of non-ortho nitro benzene ring substituents is 1. The van der Waals surface area contributed by atoms with E-state index in [1.807, 2.05) is 12.1 Å². The second-order valence-corrected chi connectivity index (χ2v) is 7.69. The minimum absolute atomic E-state index is 0.0247. The number of nitrogens with zero attached hydrogens (tertiary/aromatic N) is 2. The van der Waals surface area contributed by atoms with Crippen molar-refractivity contribution >= 4 is 41.0 Å². The molecule has 0 spiro atoms. The number of carbonyl (C=O) groups is 1. The number of amides is 1. The monoisotopic (exact) mass is 487 g/mol. The van der Waals surface area contributed by atoms with Crippen molar-refractivity contribution in [3.8, 4) is 11.5 Å². The molecule has 3 rings (SSSR count). The third kappa shape index (κ3) is 6.93. The van der Waals surface area contributed by atoms with E-state index in [0.717, 1.165) is 5.56 Å². The Kier molecular flexibility index (Phi) is 8.23. The standard InChI is InChI=1S/C23H19Cl2N3O5/c1-32-21-11-17(10-20(25)23(21)33-14-16-2-6-18(24)7-3-16)13-26-27-22(29)12-15-4-8-19(9-5-15)28(30)31/h2-11,13H,12,14H2,1H3,(H,27,29)/b26-13+. The zero-order chi connectivity index (χ0) is 23.8. The van der Waals surface area contributed by atoms with Gasteiger partial charge in [0.15, 0.2) is 11.5 Å². The lowest BCUT2D eigenvalue weighted by Crippen LogP contribution is -2.19. The Morgan fingerprint density at radius 2 is 1.76 bits per heavy atom. The third-order valence-corrected chi connectivity index (χ3v) is 5.00. The maximum atomic E-state index is 12.1. The highest BCUT2D eigenvalue weighted by molar-refractivity contribution is 6.32. The molecule has 8 nitrogen and oxygen atoms in total. The summed E-state index contributed by atoms with van der Waals surface area (Å²) >= 11 is 12.3. The fourth-order valence-corrected chi connectivity index (χ4v) is 3.23. The maximum absolute atomic E-state index is 12.1. The molecule has 0 saturated carbocycles. The first-order chi connectivity index (χ1) is 15.9. The predicted octanol–water partition coefficient (Wildman–Crippen LogP) is 5.18. The third-order valence-electron chi connectivity index (χ3n) is 4.46. The number of ether oxygens (including phenoxy) is 2. The van der Waals surface area contributed by atoms with Crippen LogP contribution in [0.5, 0.6) is 11.5 Å². The molecule has 10 heteroatoms. The molecule has 0 aromatic heterocycles. The van der Waals surface area contributed by atoms with Crippen LogP contribution in [0.3, 0.4) is 0 Å². The van der Waals surface area contributed by atoms with E-state index in [4.69, 9.17) is 32.7 Å². The van der Waals surface area contributed by atoms with Crippen molar-refractivity contribution in [1.82, 2.24) is 5.43 Å². The number of hydrogen-bond acceptors (Lipinski definition) is 6. The van der Waals surface area contributed by atoms with E-state index in [2.05, 4.69) is 10.5 Å². The second kappa shape index (κ2) is 11.3. The van der Waals surface area contributed by atoms with Gasteiger partial charge in [0.25, 0.3) is 5.69 Å². The van der Waals surface area contributed by atoms with Crippen molar-refractivity contribution in [1.29, 1.82) is 0 Å². The summed E-state index contributed by atoms with van der Waals surface area (Å²) < 4.78 is 11.2. The van der Waals surface area contributed by atoms with Gasteiger partial charge in [-0.3, -0.25) is 14.9 Å². The number of hydrazone groups is 1. The largest absolute Gasteiger partial charge is 0.493 e. The number of halogens is 2.